The molecule has 100 valence electrons. The topological polar surface area (TPSA) is 30.2 Å². The fraction of sp³-hybridized carbons (Fsp3) is 0.312. The number of halogens is 1. The molecule has 0 saturated heterocycles. The highest BCUT2D eigenvalue weighted by Gasteiger charge is 2.19. The molecule has 0 bridgehead atoms. The van der Waals surface area contributed by atoms with Gasteiger partial charge in [-0.3, -0.25) is 4.79 Å². The highest BCUT2D eigenvalue weighted by molar-refractivity contribution is 9.10. The number of rotatable bonds is 3. The molecule has 0 aliphatic carbocycles. The van der Waals surface area contributed by atoms with Gasteiger partial charge in [0.2, 0.25) is 0 Å². The van der Waals surface area contributed by atoms with E-state index in [-0.39, 0.29) is 11.2 Å². The van der Waals surface area contributed by atoms with Gasteiger partial charge in [-0.2, -0.15) is 0 Å². The normalized spacial score (nSPS) is 11.6. The van der Waals surface area contributed by atoms with Crippen LogP contribution in [-0.2, 0) is 11.8 Å². The summed E-state index contributed by atoms with van der Waals surface area (Å²) in [7, 11) is 0. The van der Waals surface area contributed by atoms with Gasteiger partial charge in [-0.1, -0.05) is 48.8 Å². The molecule has 0 fully saturated rings. The molecule has 19 heavy (non-hydrogen) atoms. The highest BCUT2D eigenvalue weighted by Crippen LogP contribution is 2.24. The van der Waals surface area contributed by atoms with Crippen LogP contribution in [0.2, 0.25) is 0 Å². The van der Waals surface area contributed by atoms with Crippen LogP contribution in [0.15, 0.2) is 45.3 Å². The average Bonchev–Trinajstić information content (AvgIpc) is 2.78. The minimum absolute atomic E-state index is 0.0289. The van der Waals surface area contributed by atoms with Crippen molar-refractivity contribution in [3.63, 3.8) is 0 Å². The third-order valence-electron chi connectivity index (χ3n) is 2.90. The number of Topliss-reactive ketones (excluding diaryl/α,β-unsaturated/α-hetero) is 1. The second-order valence-corrected chi connectivity index (χ2v) is 6.54. The van der Waals surface area contributed by atoms with Gasteiger partial charge in [0.15, 0.2) is 5.78 Å². The third-order valence-corrected chi connectivity index (χ3v) is 3.43. The number of hydrogen-bond acceptors (Lipinski definition) is 2. The van der Waals surface area contributed by atoms with Crippen molar-refractivity contribution < 1.29 is 9.21 Å². The van der Waals surface area contributed by atoms with Crippen LogP contribution in [0.25, 0.3) is 0 Å². The zero-order valence-electron chi connectivity index (χ0n) is 11.4. The molecule has 0 aliphatic heterocycles. The molecule has 0 N–H and O–H groups in total. The van der Waals surface area contributed by atoms with E-state index in [0.717, 1.165) is 16.0 Å². The lowest BCUT2D eigenvalue weighted by Gasteiger charge is -2.14. The standard InChI is InChI=1S/C16H17BrO2/c1-16(2,3)15-9-8-13(19-15)10-14(18)11-4-6-12(17)7-5-11/h4-9H,10H2,1-3H3. The van der Waals surface area contributed by atoms with E-state index in [1.54, 1.807) is 0 Å². The Kier molecular flexibility index (Phi) is 3.95. The summed E-state index contributed by atoms with van der Waals surface area (Å²) in [5, 5.41) is 0. The Labute approximate surface area is 122 Å². The second-order valence-electron chi connectivity index (χ2n) is 5.62. The molecule has 0 aliphatic rings. The number of hydrogen-bond donors (Lipinski definition) is 0. The van der Waals surface area contributed by atoms with Crippen LogP contribution in [-0.4, -0.2) is 5.78 Å². The molecule has 1 aromatic heterocycles. The minimum atomic E-state index is -0.0289. The predicted octanol–water partition coefficient (Wildman–Crippen LogP) is 4.77. The van der Waals surface area contributed by atoms with E-state index in [2.05, 4.69) is 36.7 Å². The van der Waals surface area contributed by atoms with Crippen molar-refractivity contribution in [3.05, 3.63) is 58.0 Å². The Hall–Kier alpha value is -1.35. The van der Waals surface area contributed by atoms with Crippen LogP contribution in [0, 0.1) is 0 Å². The second kappa shape index (κ2) is 5.33. The molecule has 0 atom stereocenters. The van der Waals surface area contributed by atoms with Crippen LogP contribution in [0.4, 0.5) is 0 Å². The first-order valence-corrected chi connectivity index (χ1v) is 7.03. The van der Waals surface area contributed by atoms with Crippen molar-refractivity contribution in [2.75, 3.05) is 0 Å². The Morgan fingerprint density at radius 1 is 1.11 bits per heavy atom. The average molecular weight is 321 g/mol. The number of furan rings is 1. The minimum Gasteiger partial charge on any atom is -0.465 e. The van der Waals surface area contributed by atoms with E-state index in [1.807, 2.05) is 36.4 Å². The summed E-state index contributed by atoms with van der Waals surface area (Å²) in [4.78, 5) is 12.1. The van der Waals surface area contributed by atoms with Crippen molar-refractivity contribution in [2.45, 2.75) is 32.6 Å². The maximum absolute atomic E-state index is 12.1. The van der Waals surface area contributed by atoms with Gasteiger partial charge in [0.1, 0.15) is 11.5 Å². The fourth-order valence-electron chi connectivity index (χ4n) is 1.77. The van der Waals surface area contributed by atoms with Gasteiger partial charge in [0.25, 0.3) is 0 Å². The molecule has 1 heterocycles. The summed E-state index contributed by atoms with van der Waals surface area (Å²) in [6.07, 6.45) is 0.303. The Morgan fingerprint density at radius 2 is 1.74 bits per heavy atom. The summed E-state index contributed by atoms with van der Waals surface area (Å²) in [5.41, 5.74) is 0.677. The molecule has 1 aromatic carbocycles. The molecule has 2 rings (SSSR count). The SMILES string of the molecule is CC(C)(C)c1ccc(CC(=O)c2ccc(Br)cc2)o1. The lowest BCUT2D eigenvalue weighted by molar-refractivity contribution is 0.0986. The monoisotopic (exact) mass is 320 g/mol. The van der Waals surface area contributed by atoms with Gasteiger partial charge < -0.3 is 4.42 Å². The Morgan fingerprint density at radius 3 is 2.26 bits per heavy atom. The van der Waals surface area contributed by atoms with Crippen molar-refractivity contribution in [2.24, 2.45) is 0 Å². The largest absolute Gasteiger partial charge is 0.465 e. The van der Waals surface area contributed by atoms with Gasteiger partial charge in [-0.05, 0) is 24.3 Å². The van der Waals surface area contributed by atoms with E-state index in [0.29, 0.717) is 12.0 Å². The van der Waals surface area contributed by atoms with E-state index < -0.39 is 0 Å². The first kappa shape index (κ1) is 14.1. The van der Waals surface area contributed by atoms with Gasteiger partial charge in [0, 0.05) is 15.5 Å². The van der Waals surface area contributed by atoms with Crippen LogP contribution in [0.1, 0.15) is 42.6 Å². The van der Waals surface area contributed by atoms with Gasteiger partial charge in [-0.25, -0.2) is 0 Å². The molecular formula is C16H17BrO2. The maximum atomic E-state index is 12.1. The van der Waals surface area contributed by atoms with Gasteiger partial charge in [-0.15, -0.1) is 0 Å². The lowest BCUT2D eigenvalue weighted by Crippen LogP contribution is -2.09. The van der Waals surface area contributed by atoms with E-state index in [9.17, 15) is 4.79 Å². The van der Waals surface area contributed by atoms with Gasteiger partial charge in [0.05, 0.1) is 6.42 Å². The third kappa shape index (κ3) is 3.57. The smallest absolute Gasteiger partial charge is 0.170 e. The van der Waals surface area contributed by atoms with Crippen molar-refractivity contribution in [1.82, 2.24) is 0 Å². The molecule has 2 nitrogen and oxygen atoms in total. The van der Waals surface area contributed by atoms with Crippen molar-refractivity contribution >= 4 is 21.7 Å². The highest BCUT2D eigenvalue weighted by atomic mass is 79.9. The van der Waals surface area contributed by atoms with Crippen molar-refractivity contribution in [3.8, 4) is 0 Å². The fourth-order valence-corrected chi connectivity index (χ4v) is 2.04. The first-order chi connectivity index (χ1) is 8.86. The van der Waals surface area contributed by atoms with Crippen LogP contribution >= 0.6 is 15.9 Å². The Bertz CT molecular complexity index is 574. The number of benzene rings is 1. The van der Waals surface area contributed by atoms with E-state index in [4.69, 9.17) is 4.42 Å². The van der Waals surface area contributed by atoms with E-state index in [1.165, 1.54) is 0 Å². The van der Waals surface area contributed by atoms with Gasteiger partial charge >= 0.3 is 0 Å². The molecule has 0 radical (unpaired) electrons. The molecule has 2 aromatic rings. The summed E-state index contributed by atoms with van der Waals surface area (Å²) in [6, 6.07) is 11.2. The first-order valence-electron chi connectivity index (χ1n) is 6.24. The molecular weight excluding hydrogens is 304 g/mol. The maximum Gasteiger partial charge on any atom is 0.170 e. The van der Waals surface area contributed by atoms with Crippen molar-refractivity contribution in [1.29, 1.82) is 0 Å². The summed E-state index contributed by atoms with van der Waals surface area (Å²) >= 11 is 3.36. The quantitative estimate of drug-likeness (QED) is 0.763. The van der Waals surface area contributed by atoms with Crippen LogP contribution in [0.5, 0.6) is 0 Å². The summed E-state index contributed by atoms with van der Waals surface area (Å²) in [6.45, 7) is 6.27. The number of ketones is 1. The van der Waals surface area contributed by atoms with E-state index >= 15 is 0 Å². The number of carbonyl (C=O) groups is 1. The summed E-state index contributed by atoms with van der Waals surface area (Å²) in [5.74, 6) is 1.70. The molecule has 0 saturated carbocycles. The molecule has 3 heteroatoms. The number of carbonyl (C=O) groups excluding carboxylic acids is 1. The Balaban J connectivity index is 2.11. The molecule has 0 spiro atoms. The molecule has 0 unspecified atom stereocenters. The van der Waals surface area contributed by atoms with Crippen LogP contribution in [0.3, 0.4) is 0 Å². The zero-order valence-corrected chi connectivity index (χ0v) is 13.0. The summed E-state index contributed by atoms with van der Waals surface area (Å²) < 4.78 is 6.70. The van der Waals surface area contributed by atoms with Crippen LogP contribution < -0.4 is 0 Å². The lowest BCUT2D eigenvalue weighted by atomic mass is 9.94. The zero-order chi connectivity index (χ0) is 14.0. The predicted molar refractivity (Wildman–Crippen MR) is 79.6 cm³/mol. The molecule has 0 amide bonds.